The van der Waals surface area contributed by atoms with Crippen molar-refractivity contribution in [2.45, 2.75) is 23.6 Å². The van der Waals surface area contributed by atoms with Crippen LogP contribution in [0.5, 0.6) is 5.75 Å². The number of anilines is 1. The van der Waals surface area contributed by atoms with Crippen molar-refractivity contribution in [1.82, 2.24) is 9.21 Å². The Morgan fingerprint density at radius 2 is 1.41 bits per heavy atom. The summed E-state index contributed by atoms with van der Waals surface area (Å²) < 4.78 is 74.5. The maximum Gasteiger partial charge on any atom is 0.264 e. The average molecular weight is 576 g/mol. The summed E-state index contributed by atoms with van der Waals surface area (Å²) in [6, 6.07) is 17.2. The van der Waals surface area contributed by atoms with E-state index >= 15 is 0 Å². The number of rotatable bonds is 9. The Morgan fingerprint density at radius 3 is 1.97 bits per heavy atom. The minimum absolute atomic E-state index is 0.0583. The van der Waals surface area contributed by atoms with Crippen LogP contribution in [0.2, 0.25) is 0 Å². The van der Waals surface area contributed by atoms with E-state index in [1.807, 2.05) is 13.8 Å². The third-order valence-electron chi connectivity index (χ3n) is 6.37. The van der Waals surface area contributed by atoms with Gasteiger partial charge in [-0.3, -0.25) is 9.10 Å². The minimum atomic E-state index is -4.20. The van der Waals surface area contributed by atoms with Crippen molar-refractivity contribution in [2.75, 3.05) is 43.6 Å². The Balaban J connectivity index is 1.52. The molecule has 3 aromatic carbocycles. The van der Waals surface area contributed by atoms with Crippen molar-refractivity contribution in [2.24, 2.45) is 0 Å². The van der Waals surface area contributed by atoms with Crippen molar-refractivity contribution in [3.63, 3.8) is 0 Å². The predicted octanol–water partition coefficient (Wildman–Crippen LogP) is 3.26. The molecule has 4 rings (SSSR count). The van der Waals surface area contributed by atoms with Crippen molar-refractivity contribution < 1.29 is 30.8 Å². The first-order chi connectivity index (χ1) is 18.5. The highest BCUT2D eigenvalue weighted by Crippen LogP contribution is 2.26. The molecule has 1 fully saturated rings. The maximum atomic E-state index is 13.6. The summed E-state index contributed by atoms with van der Waals surface area (Å²) in [6.07, 6.45) is 0. The highest BCUT2D eigenvalue weighted by Gasteiger charge is 2.33. The van der Waals surface area contributed by atoms with Gasteiger partial charge < -0.3 is 9.64 Å². The molecule has 1 amide bonds. The molecular weight excluding hydrogens is 545 g/mol. The van der Waals surface area contributed by atoms with Crippen molar-refractivity contribution >= 4 is 31.6 Å². The smallest absolute Gasteiger partial charge is 0.264 e. The van der Waals surface area contributed by atoms with Crippen LogP contribution in [0.1, 0.15) is 12.5 Å². The van der Waals surface area contributed by atoms with Crippen LogP contribution in [0.4, 0.5) is 10.1 Å². The second kappa shape index (κ2) is 11.7. The Hall–Kier alpha value is -3.48. The topological polar surface area (TPSA) is 104 Å². The molecule has 0 aromatic heterocycles. The van der Waals surface area contributed by atoms with Crippen LogP contribution < -0.4 is 9.04 Å². The second-order valence-electron chi connectivity index (χ2n) is 8.99. The number of benzene rings is 3. The summed E-state index contributed by atoms with van der Waals surface area (Å²) in [5.41, 5.74) is 1.06. The molecule has 0 aliphatic carbocycles. The highest BCUT2D eigenvalue weighted by atomic mass is 32.2. The van der Waals surface area contributed by atoms with Crippen LogP contribution in [0.25, 0.3) is 0 Å². The number of hydrogen-bond donors (Lipinski definition) is 0. The fourth-order valence-electron chi connectivity index (χ4n) is 4.18. The molecule has 12 heteroatoms. The first-order valence-electron chi connectivity index (χ1n) is 12.4. The number of amides is 1. The van der Waals surface area contributed by atoms with Crippen LogP contribution in [-0.2, 0) is 24.8 Å². The zero-order valence-corrected chi connectivity index (χ0v) is 23.3. The number of ether oxygens (including phenoxy) is 1. The lowest BCUT2D eigenvalue weighted by Crippen LogP contribution is -2.53. The van der Waals surface area contributed by atoms with Gasteiger partial charge >= 0.3 is 0 Å². The van der Waals surface area contributed by atoms with E-state index in [1.54, 1.807) is 24.3 Å². The fourth-order valence-corrected chi connectivity index (χ4v) is 7.02. The molecule has 0 atom stereocenters. The van der Waals surface area contributed by atoms with E-state index in [2.05, 4.69) is 0 Å². The standard InChI is InChI=1S/C27H30FN3O6S2/c1-3-37-24-10-14-26(15-11-24)39(35,36)31(23-8-6-22(28)7-9-23)20-27(32)29-16-18-30(19-17-29)38(33,34)25-12-4-21(2)5-13-25/h4-15H,3,16-20H2,1-2H3. The lowest BCUT2D eigenvalue weighted by Gasteiger charge is -2.35. The molecule has 208 valence electrons. The molecule has 0 spiro atoms. The van der Waals surface area contributed by atoms with E-state index in [1.165, 1.54) is 45.6 Å². The molecule has 0 radical (unpaired) electrons. The first-order valence-corrected chi connectivity index (χ1v) is 15.3. The predicted molar refractivity (Wildman–Crippen MR) is 145 cm³/mol. The summed E-state index contributed by atoms with van der Waals surface area (Å²) in [5.74, 6) is -0.546. The van der Waals surface area contributed by atoms with Crippen molar-refractivity contribution in [3.05, 3.63) is 84.2 Å². The number of carbonyl (C=O) groups excluding carboxylic acids is 1. The number of sulfonamides is 2. The summed E-state index contributed by atoms with van der Waals surface area (Å²) in [5, 5.41) is 0. The molecule has 1 heterocycles. The van der Waals surface area contributed by atoms with Gasteiger partial charge in [0.25, 0.3) is 10.0 Å². The van der Waals surface area contributed by atoms with E-state index in [4.69, 9.17) is 4.74 Å². The van der Waals surface area contributed by atoms with E-state index in [-0.39, 0.29) is 41.7 Å². The third-order valence-corrected chi connectivity index (χ3v) is 10.1. The number of hydrogen-bond acceptors (Lipinski definition) is 6. The number of carbonyl (C=O) groups is 1. The van der Waals surface area contributed by atoms with Crippen molar-refractivity contribution in [1.29, 1.82) is 0 Å². The fraction of sp³-hybridized carbons (Fsp3) is 0.296. The van der Waals surface area contributed by atoms with Crippen LogP contribution >= 0.6 is 0 Å². The quantitative estimate of drug-likeness (QED) is 0.388. The Morgan fingerprint density at radius 1 is 0.846 bits per heavy atom. The van der Waals surface area contributed by atoms with Crippen LogP contribution in [-0.4, -0.2) is 71.3 Å². The maximum absolute atomic E-state index is 13.6. The summed E-state index contributed by atoms with van der Waals surface area (Å²) >= 11 is 0. The molecule has 0 N–H and O–H groups in total. The summed E-state index contributed by atoms with van der Waals surface area (Å²) in [4.78, 5) is 14.8. The molecule has 3 aromatic rings. The molecule has 1 saturated heterocycles. The molecule has 0 saturated carbocycles. The molecular formula is C27H30FN3O6S2. The van der Waals surface area contributed by atoms with E-state index in [0.29, 0.717) is 12.4 Å². The zero-order valence-electron chi connectivity index (χ0n) is 21.7. The van der Waals surface area contributed by atoms with Crippen LogP contribution in [0, 0.1) is 12.7 Å². The van der Waals surface area contributed by atoms with Gasteiger partial charge in [-0.1, -0.05) is 17.7 Å². The van der Waals surface area contributed by atoms with Gasteiger partial charge in [0.05, 0.1) is 22.1 Å². The van der Waals surface area contributed by atoms with Gasteiger partial charge in [0.2, 0.25) is 15.9 Å². The van der Waals surface area contributed by atoms with E-state index in [9.17, 15) is 26.0 Å². The number of nitrogens with zero attached hydrogens (tertiary/aromatic N) is 3. The van der Waals surface area contributed by atoms with Gasteiger partial charge in [0.1, 0.15) is 18.1 Å². The normalized spacial score (nSPS) is 14.7. The SMILES string of the molecule is CCOc1ccc(S(=O)(=O)N(CC(=O)N2CCN(S(=O)(=O)c3ccc(C)cc3)CC2)c2ccc(F)cc2)cc1. The van der Waals surface area contributed by atoms with Gasteiger partial charge in [-0.05, 0) is 74.5 Å². The average Bonchev–Trinajstić information content (AvgIpc) is 2.93. The Kier molecular flexibility index (Phi) is 8.57. The minimum Gasteiger partial charge on any atom is -0.494 e. The first kappa shape index (κ1) is 28.5. The van der Waals surface area contributed by atoms with E-state index in [0.717, 1.165) is 22.0 Å². The largest absolute Gasteiger partial charge is 0.494 e. The van der Waals surface area contributed by atoms with Gasteiger partial charge in [0, 0.05) is 26.2 Å². The lowest BCUT2D eigenvalue weighted by molar-refractivity contribution is -0.130. The number of halogens is 1. The van der Waals surface area contributed by atoms with Gasteiger partial charge in [-0.15, -0.1) is 0 Å². The Labute approximate surface area is 228 Å². The van der Waals surface area contributed by atoms with E-state index < -0.39 is 38.3 Å². The molecule has 39 heavy (non-hydrogen) atoms. The lowest BCUT2D eigenvalue weighted by atomic mass is 10.2. The van der Waals surface area contributed by atoms with Crippen molar-refractivity contribution in [3.8, 4) is 5.75 Å². The zero-order chi connectivity index (χ0) is 28.2. The molecule has 0 bridgehead atoms. The summed E-state index contributed by atoms with van der Waals surface area (Å²) in [7, 11) is -7.93. The van der Waals surface area contributed by atoms with Gasteiger partial charge in [0.15, 0.2) is 0 Å². The molecule has 0 unspecified atom stereocenters. The summed E-state index contributed by atoms with van der Waals surface area (Å²) in [6.45, 7) is 3.91. The number of aryl methyl sites for hydroxylation is 1. The highest BCUT2D eigenvalue weighted by molar-refractivity contribution is 7.92. The van der Waals surface area contributed by atoms with Gasteiger partial charge in [-0.2, -0.15) is 4.31 Å². The monoisotopic (exact) mass is 575 g/mol. The number of piperazine rings is 1. The molecule has 9 nitrogen and oxygen atoms in total. The van der Waals surface area contributed by atoms with Gasteiger partial charge in [-0.25, -0.2) is 21.2 Å². The van der Waals surface area contributed by atoms with Crippen LogP contribution in [0.3, 0.4) is 0 Å². The Bertz CT molecular complexity index is 1500. The molecule has 1 aliphatic heterocycles. The second-order valence-corrected chi connectivity index (χ2v) is 12.8. The van der Waals surface area contributed by atoms with Crippen LogP contribution in [0.15, 0.2) is 82.6 Å². The third kappa shape index (κ3) is 6.40. The molecule has 1 aliphatic rings.